The Morgan fingerprint density at radius 2 is 1.17 bits per heavy atom. The molecule has 2 aromatic rings. The van der Waals surface area contributed by atoms with Crippen LogP contribution in [-0.2, 0) is 10.1 Å². The summed E-state index contributed by atoms with van der Waals surface area (Å²) >= 11 is 0. The first kappa shape index (κ1) is 23.7. The van der Waals surface area contributed by atoms with Crippen molar-refractivity contribution < 1.29 is 12.6 Å². The first-order valence-electron chi connectivity index (χ1n) is 11.5. The lowest BCUT2D eigenvalue weighted by Gasteiger charge is -2.09. The molecule has 0 fully saturated rings. The van der Waals surface area contributed by atoms with Crippen LogP contribution in [-0.4, -0.2) is 14.2 Å². The molecule has 0 aliphatic heterocycles. The van der Waals surface area contributed by atoms with Crippen molar-refractivity contribution in [2.45, 2.75) is 90.4 Å². The van der Waals surface area contributed by atoms with E-state index in [0.717, 1.165) is 23.6 Å². The highest BCUT2D eigenvalue weighted by atomic mass is 32.2. The molecule has 0 saturated carbocycles. The maximum atomic E-state index is 12.3. The van der Waals surface area contributed by atoms with Crippen molar-refractivity contribution in [1.82, 2.24) is 0 Å². The average molecular weight is 419 g/mol. The van der Waals surface area contributed by atoms with Gasteiger partial charge in [-0.05, 0) is 17.9 Å². The first-order valence-corrected chi connectivity index (χ1v) is 13.1. The van der Waals surface area contributed by atoms with Crippen LogP contribution in [0.15, 0.2) is 42.5 Å². The second kappa shape index (κ2) is 13.6. The van der Waals surface area contributed by atoms with Gasteiger partial charge in [-0.2, -0.15) is 8.42 Å². The molecule has 0 aliphatic rings. The zero-order valence-electron chi connectivity index (χ0n) is 18.1. The van der Waals surface area contributed by atoms with Gasteiger partial charge >= 0.3 is 10.1 Å². The molecule has 29 heavy (non-hydrogen) atoms. The third-order valence-electron chi connectivity index (χ3n) is 5.46. The Labute approximate surface area is 178 Å². The van der Waals surface area contributed by atoms with Gasteiger partial charge in [0.25, 0.3) is 0 Å². The van der Waals surface area contributed by atoms with E-state index in [0.29, 0.717) is 12.2 Å². The van der Waals surface area contributed by atoms with Crippen LogP contribution in [0.1, 0.15) is 90.4 Å². The number of unbranched alkanes of at least 4 members (excludes halogenated alkanes) is 12. The van der Waals surface area contributed by atoms with Crippen LogP contribution in [0.25, 0.3) is 10.8 Å². The van der Waals surface area contributed by atoms with Crippen molar-refractivity contribution in [2.24, 2.45) is 0 Å². The zero-order valence-corrected chi connectivity index (χ0v) is 18.9. The first-order chi connectivity index (χ1) is 14.1. The third-order valence-corrected chi connectivity index (χ3v) is 6.69. The fourth-order valence-electron chi connectivity index (χ4n) is 3.74. The maximum absolute atomic E-state index is 12.3. The predicted molar refractivity (Wildman–Crippen MR) is 124 cm³/mol. The van der Waals surface area contributed by atoms with Gasteiger partial charge in [0.05, 0.1) is 5.75 Å². The van der Waals surface area contributed by atoms with Crippen molar-refractivity contribution in [3.63, 3.8) is 0 Å². The lowest BCUT2D eigenvalue weighted by Crippen LogP contribution is -2.14. The molecular formula is C25H38O3S. The van der Waals surface area contributed by atoms with Gasteiger partial charge in [-0.25, -0.2) is 0 Å². The van der Waals surface area contributed by atoms with Crippen molar-refractivity contribution in [3.8, 4) is 5.75 Å². The highest BCUT2D eigenvalue weighted by Gasteiger charge is 2.14. The number of hydrogen-bond donors (Lipinski definition) is 0. The Hall–Kier alpha value is -1.55. The zero-order chi connectivity index (χ0) is 20.8. The fourth-order valence-corrected chi connectivity index (χ4v) is 4.80. The van der Waals surface area contributed by atoms with Crippen LogP contribution in [0.3, 0.4) is 0 Å². The standard InChI is InChI=1S/C25H38O3S/c1-2-3-4-5-6-7-8-9-10-11-12-13-16-22-29(26,27)28-25-21-17-19-23-18-14-15-20-24(23)25/h14-15,17-21H,2-13,16,22H2,1H3. The van der Waals surface area contributed by atoms with Gasteiger partial charge in [-0.1, -0.05) is 120 Å². The van der Waals surface area contributed by atoms with Crippen molar-refractivity contribution >= 4 is 20.9 Å². The molecule has 0 spiro atoms. The second-order valence-electron chi connectivity index (χ2n) is 8.07. The molecule has 2 aromatic carbocycles. The summed E-state index contributed by atoms with van der Waals surface area (Å²) in [6.45, 7) is 2.26. The topological polar surface area (TPSA) is 43.4 Å². The summed E-state index contributed by atoms with van der Waals surface area (Å²) in [5, 5.41) is 1.82. The smallest absolute Gasteiger partial charge is 0.309 e. The molecule has 4 heteroatoms. The molecule has 0 saturated heterocycles. The van der Waals surface area contributed by atoms with Crippen LogP contribution in [0.4, 0.5) is 0 Å². The normalized spacial score (nSPS) is 11.8. The van der Waals surface area contributed by atoms with Crippen molar-refractivity contribution in [2.75, 3.05) is 5.75 Å². The van der Waals surface area contributed by atoms with E-state index in [2.05, 4.69) is 6.92 Å². The summed E-state index contributed by atoms with van der Waals surface area (Å²) in [6, 6.07) is 13.2. The second-order valence-corrected chi connectivity index (χ2v) is 9.76. The Morgan fingerprint density at radius 3 is 1.79 bits per heavy atom. The number of hydrogen-bond acceptors (Lipinski definition) is 3. The van der Waals surface area contributed by atoms with Gasteiger partial charge in [0, 0.05) is 5.39 Å². The van der Waals surface area contributed by atoms with Gasteiger partial charge < -0.3 is 4.18 Å². The molecule has 0 aliphatic carbocycles. The summed E-state index contributed by atoms with van der Waals surface area (Å²) in [5.74, 6) is 0.520. The van der Waals surface area contributed by atoms with Crippen LogP contribution in [0.2, 0.25) is 0 Å². The molecule has 0 aromatic heterocycles. The van der Waals surface area contributed by atoms with Gasteiger partial charge in [0.15, 0.2) is 0 Å². The van der Waals surface area contributed by atoms with E-state index >= 15 is 0 Å². The quantitative estimate of drug-likeness (QED) is 0.208. The monoisotopic (exact) mass is 418 g/mol. The Morgan fingerprint density at radius 1 is 0.655 bits per heavy atom. The van der Waals surface area contributed by atoms with E-state index < -0.39 is 10.1 Å². The van der Waals surface area contributed by atoms with Crippen LogP contribution in [0.5, 0.6) is 5.75 Å². The largest absolute Gasteiger partial charge is 0.382 e. The minimum atomic E-state index is -3.54. The summed E-state index contributed by atoms with van der Waals surface area (Å²) in [7, 11) is -3.54. The van der Waals surface area contributed by atoms with Gasteiger partial charge in [0.1, 0.15) is 5.75 Å². The van der Waals surface area contributed by atoms with E-state index in [1.54, 1.807) is 6.07 Å². The molecule has 0 radical (unpaired) electrons. The molecule has 0 unspecified atom stereocenters. The van der Waals surface area contributed by atoms with E-state index in [-0.39, 0.29) is 5.75 Å². The summed E-state index contributed by atoms with van der Waals surface area (Å²) in [5.41, 5.74) is 0. The molecule has 2 rings (SSSR count). The molecule has 0 atom stereocenters. The minimum absolute atomic E-state index is 0.0913. The molecule has 0 bridgehead atoms. The lowest BCUT2D eigenvalue weighted by molar-refractivity contribution is 0.483. The highest BCUT2D eigenvalue weighted by molar-refractivity contribution is 7.87. The molecule has 0 amide bonds. The van der Waals surface area contributed by atoms with E-state index in [1.165, 1.54) is 64.2 Å². The Balaban J connectivity index is 1.55. The van der Waals surface area contributed by atoms with Gasteiger partial charge in [-0.3, -0.25) is 0 Å². The van der Waals surface area contributed by atoms with E-state index in [4.69, 9.17) is 4.18 Å². The molecule has 162 valence electrons. The van der Waals surface area contributed by atoms with Gasteiger partial charge in [0.2, 0.25) is 0 Å². The minimum Gasteiger partial charge on any atom is -0.382 e. The molecule has 0 N–H and O–H groups in total. The van der Waals surface area contributed by atoms with Crippen LogP contribution in [0, 0.1) is 0 Å². The third kappa shape index (κ3) is 9.66. The van der Waals surface area contributed by atoms with Crippen LogP contribution < -0.4 is 4.18 Å². The number of benzene rings is 2. The lowest BCUT2D eigenvalue weighted by atomic mass is 10.1. The van der Waals surface area contributed by atoms with E-state index in [9.17, 15) is 8.42 Å². The molecule has 3 nitrogen and oxygen atoms in total. The molecule has 0 heterocycles. The summed E-state index contributed by atoms with van der Waals surface area (Å²) < 4.78 is 30.0. The predicted octanol–water partition coefficient (Wildman–Crippen LogP) is 7.64. The molecular weight excluding hydrogens is 380 g/mol. The maximum Gasteiger partial charge on any atom is 0.309 e. The van der Waals surface area contributed by atoms with E-state index in [1.807, 2.05) is 36.4 Å². The van der Waals surface area contributed by atoms with Crippen molar-refractivity contribution in [3.05, 3.63) is 42.5 Å². The van der Waals surface area contributed by atoms with Gasteiger partial charge in [-0.15, -0.1) is 0 Å². The summed E-state index contributed by atoms with van der Waals surface area (Å²) in [4.78, 5) is 0. The average Bonchev–Trinajstić information content (AvgIpc) is 2.71. The number of rotatable bonds is 16. The SMILES string of the molecule is CCCCCCCCCCCCCCCS(=O)(=O)Oc1cccc2ccccc12. The van der Waals surface area contributed by atoms with Crippen molar-refractivity contribution in [1.29, 1.82) is 0 Å². The Kier molecular flexibility index (Phi) is 11.2. The number of fused-ring (bicyclic) bond motifs is 1. The fraction of sp³-hybridized carbons (Fsp3) is 0.600. The van der Waals surface area contributed by atoms with Crippen LogP contribution >= 0.6 is 0 Å². The summed E-state index contributed by atoms with van der Waals surface area (Å²) in [6.07, 6.45) is 16.1. The Bertz CT molecular complexity index is 793. The highest BCUT2D eigenvalue weighted by Crippen LogP contribution is 2.26.